The van der Waals surface area contributed by atoms with Crippen LogP contribution in [0.2, 0.25) is 0 Å². The fourth-order valence-corrected chi connectivity index (χ4v) is 1.88. The van der Waals surface area contributed by atoms with Crippen LogP contribution in [0.4, 0.5) is 11.5 Å². The molecule has 18 heavy (non-hydrogen) atoms. The van der Waals surface area contributed by atoms with Crippen LogP contribution in [0, 0.1) is 0 Å². The lowest BCUT2D eigenvalue weighted by Crippen LogP contribution is -2.53. The van der Waals surface area contributed by atoms with E-state index in [1.807, 2.05) is 0 Å². The average molecular weight is 252 g/mol. The van der Waals surface area contributed by atoms with Crippen LogP contribution < -0.4 is 21.1 Å². The van der Waals surface area contributed by atoms with Gasteiger partial charge in [-0.3, -0.25) is 4.79 Å². The highest BCUT2D eigenvalue weighted by Crippen LogP contribution is 2.24. The van der Waals surface area contributed by atoms with Gasteiger partial charge in [-0.15, -0.1) is 0 Å². The van der Waals surface area contributed by atoms with Gasteiger partial charge in [-0.05, 0) is 12.1 Å². The Kier molecular flexibility index (Phi) is 3.52. The van der Waals surface area contributed by atoms with Crippen LogP contribution in [0.25, 0.3) is 0 Å². The molecule has 1 aromatic heterocycles. The first-order chi connectivity index (χ1) is 8.63. The number of morpholine rings is 1. The molecule has 1 aliphatic rings. The highest BCUT2D eigenvalue weighted by atomic mass is 16.5. The van der Waals surface area contributed by atoms with E-state index in [1.165, 1.54) is 7.11 Å². The summed E-state index contributed by atoms with van der Waals surface area (Å²) in [6.07, 6.45) is 0. The summed E-state index contributed by atoms with van der Waals surface area (Å²) in [5, 5.41) is 0. The number of carbonyl (C=O) groups is 1. The third-order valence-corrected chi connectivity index (χ3v) is 2.82. The molecule has 1 unspecified atom stereocenters. The maximum absolute atomic E-state index is 11.4. The summed E-state index contributed by atoms with van der Waals surface area (Å²) in [6, 6.07) is 2.91. The summed E-state index contributed by atoms with van der Waals surface area (Å²) in [6.45, 7) is 1.34. The number of hydrogen-bond donors (Lipinski definition) is 2. The van der Waals surface area contributed by atoms with Crippen molar-refractivity contribution in [1.82, 2.24) is 4.98 Å². The van der Waals surface area contributed by atoms with E-state index in [4.69, 9.17) is 20.9 Å². The molecule has 1 amide bonds. The minimum atomic E-state index is -0.514. The molecule has 4 N–H and O–H groups in total. The molecule has 0 saturated carbocycles. The van der Waals surface area contributed by atoms with Crippen molar-refractivity contribution in [1.29, 1.82) is 0 Å². The first-order valence-corrected chi connectivity index (χ1v) is 5.57. The molecule has 1 fully saturated rings. The molecule has 1 saturated heterocycles. The predicted octanol–water partition coefficient (Wildman–Crippen LogP) is -0.637. The van der Waals surface area contributed by atoms with Crippen molar-refractivity contribution in [3.8, 4) is 5.88 Å². The summed E-state index contributed by atoms with van der Waals surface area (Å²) in [5.74, 6) is 0.502. The number of hydrogen-bond acceptors (Lipinski definition) is 6. The van der Waals surface area contributed by atoms with Crippen molar-refractivity contribution in [3.05, 3.63) is 12.1 Å². The number of anilines is 2. The van der Waals surface area contributed by atoms with Crippen molar-refractivity contribution < 1.29 is 14.3 Å². The smallest absolute Gasteiger partial charge is 0.242 e. The van der Waals surface area contributed by atoms with E-state index in [0.29, 0.717) is 30.5 Å². The molecule has 2 heterocycles. The molecule has 1 aliphatic heterocycles. The molecule has 0 bridgehead atoms. The minimum Gasteiger partial charge on any atom is -0.479 e. The van der Waals surface area contributed by atoms with Crippen molar-refractivity contribution in [2.75, 3.05) is 37.5 Å². The van der Waals surface area contributed by atoms with Gasteiger partial charge in [0, 0.05) is 6.54 Å². The summed E-state index contributed by atoms with van der Waals surface area (Å²) < 4.78 is 10.3. The number of amides is 1. The molecule has 2 rings (SSSR count). The van der Waals surface area contributed by atoms with Crippen LogP contribution in [0.1, 0.15) is 0 Å². The summed E-state index contributed by atoms with van der Waals surface area (Å²) in [4.78, 5) is 17.4. The Labute approximate surface area is 105 Å². The van der Waals surface area contributed by atoms with Gasteiger partial charge >= 0.3 is 0 Å². The Balaban J connectivity index is 2.30. The highest BCUT2D eigenvalue weighted by molar-refractivity contribution is 5.83. The van der Waals surface area contributed by atoms with E-state index in [1.54, 1.807) is 17.0 Å². The number of methoxy groups -OCH3 is 1. The van der Waals surface area contributed by atoms with Crippen LogP contribution in [-0.4, -0.2) is 43.8 Å². The second-order valence-corrected chi connectivity index (χ2v) is 3.95. The monoisotopic (exact) mass is 252 g/mol. The second kappa shape index (κ2) is 5.09. The zero-order valence-corrected chi connectivity index (χ0v) is 10.1. The Morgan fingerprint density at radius 2 is 2.39 bits per heavy atom. The number of carbonyl (C=O) groups excluding carboxylic acids is 1. The number of ether oxygens (including phenoxy) is 2. The van der Waals surface area contributed by atoms with Gasteiger partial charge in [-0.1, -0.05) is 0 Å². The van der Waals surface area contributed by atoms with E-state index in [9.17, 15) is 4.79 Å². The lowest BCUT2D eigenvalue weighted by atomic mass is 10.2. The number of pyridine rings is 1. The molecule has 7 nitrogen and oxygen atoms in total. The predicted molar refractivity (Wildman–Crippen MR) is 66.3 cm³/mol. The van der Waals surface area contributed by atoms with Crippen LogP contribution >= 0.6 is 0 Å². The lowest BCUT2D eigenvalue weighted by Gasteiger charge is -2.34. The fourth-order valence-electron chi connectivity index (χ4n) is 1.88. The number of aromatic nitrogens is 1. The minimum absolute atomic E-state index is 0.268. The fraction of sp³-hybridized carbons (Fsp3) is 0.455. The van der Waals surface area contributed by atoms with Crippen LogP contribution in [0.15, 0.2) is 12.1 Å². The summed E-state index contributed by atoms with van der Waals surface area (Å²) >= 11 is 0. The number of nitrogens with two attached hydrogens (primary N) is 2. The van der Waals surface area contributed by atoms with Gasteiger partial charge in [-0.25, -0.2) is 0 Å². The van der Waals surface area contributed by atoms with Crippen LogP contribution in [0.5, 0.6) is 5.88 Å². The van der Waals surface area contributed by atoms with Gasteiger partial charge in [0.2, 0.25) is 11.8 Å². The Morgan fingerprint density at radius 3 is 3.06 bits per heavy atom. The van der Waals surface area contributed by atoms with E-state index in [-0.39, 0.29) is 6.61 Å². The normalized spacial score (nSPS) is 19.6. The molecule has 1 atom stereocenters. The molecule has 0 aliphatic carbocycles. The molecule has 0 aromatic carbocycles. The van der Waals surface area contributed by atoms with Crippen molar-refractivity contribution in [2.24, 2.45) is 5.73 Å². The van der Waals surface area contributed by atoms with E-state index in [2.05, 4.69) is 4.98 Å². The average Bonchev–Trinajstić information content (AvgIpc) is 2.39. The molecule has 0 spiro atoms. The number of primary amides is 1. The van der Waals surface area contributed by atoms with Crippen molar-refractivity contribution >= 4 is 17.4 Å². The van der Waals surface area contributed by atoms with Crippen LogP contribution in [-0.2, 0) is 9.53 Å². The third kappa shape index (κ3) is 2.30. The highest BCUT2D eigenvalue weighted by Gasteiger charge is 2.29. The first kappa shape index (κ1) is 12.4. The Bertz CT molecular complexity index is 452. The summed E-state index contributed by atoms with van der Waals surface area (Å²) in [5.41, 5.74) is 11.5. The maximum atomic E-state index is 11.4. The maximum Gasteiger partial charge on any atom is 0.242 e. The Morgan fingerprint density at radius 1 is 1.61 bits per heavy atom. The molecule has 98 valence electrons. The quantitative estimate of drug-likeness (QED) is 0.741. The Hall–Kier alpha value is -2.02. The van der Waals surface area contributed by atoms with E-state index >= 15 is 0 Å². The molecule has 7 heteroatoms. The molecular weight excluding hydrogens is 236 g/mol. The molecule has 0 radical (unpaired) electrons. The summed E-state index contributed by atoms with van der Waals surface area (Å²) in [7, 11) is 1.49. The molecular formula is C11H16N4O3. The topological polar surface area (TPSA) is 104 Å². The lowest BCUT2D eigenvalue weighted by molar-refractivity contribution is -0.121. The van der Waals surface area contributed by atoms with Gasteiger partial charge in [0.25, 0.3) is 0 Å². The third-order valence-electron chi connectivity index (χ3n) is 2.82. The van der Waals surface area contributed by atoms with Gasteiger partial charge in [-0.2, -0.15) is 4.98 Å². The van der Waals surface area contributed by atoms with Gasteiger partial charge in [0.05, 0.1) is 26.0 Å². The van der Waals surface area contributed by atoms with Gasteiger partial charge in [0.15, 0.2) is 0 Å². The van der Waals surface area contributed by atoms with E-state index < -0.39 is 11.9 Å². The number of rotatable bonds is 3. The van der Waals surface area contributed by atoms with Crippen molar-refractivity contribution in [2.45, 2.75) is 6.04 Å². The number of nitrogen functional groups attached to an aromatic ring is 1. The van der Waals surface area contributed by atoms with Crippen molar-refractivity contribution in [3.63, 3.8) is 0 Å². The van der Waals surface area contributed by atoms with Gasteiger partial charge in [0.1, 0.15) is 11.9 Å². The SMILES string of the molecule is COc1nc(N2CCOCC2C(N)=O)ccc1N. The zero-order chi connectivity index (χ0) is 13.1. The van der Waals surface area contributed by atoms with E-state index in [0.717, 1.165) is 0 Å². The molecule has 1 aromatic rings. The standard InChI is InChI=1S/C11H16N4O3/c1-17-11-7(12)2-3-9(14-11)15-4-5-18-6-8(15)10(13)16/h2-3,8H,4-6,12H2,1H3,(H2,13,16). The number of nitrogens with zero attached hydrogens (tertiary/aromatic N) is 2. The largest absolute Gasteiger partial charge is 0.479 e. The first-order valence-electron chi connectivity index (χ1n) is 5.57. The van der Waals surface area contributed by atoms with Gasteiger partial charge < -0.3 is 25.8 Å². The zero-order valence-electron chi connectivity index (χ0n) is 10.1. The van der Waals surface area contributed by atoms with Crippen LogP contribution in [0.3, 0.4) is 0 Å². The second-order valence-electron chi connectivity index (χ2n) is 3.95.